The number of hydrogen-bond donors (Lipinski definition) is 0. The van der Waals surface area contributed by atoms with Gasteiger partial charge in [-0.25, -0.2) is 0 Å². The zero-order valence-corrected chi connectivity index (χ0v) is 12.5. The molecular formula is C17H21ClO. The summed E-state index contributed by atoms with van der Waals surface area (Å²) >= 11 is 6.43. The first kappa shape index (κ1) is 14.3. The summed E-state index contributed by atoms with van der Waals surface area (Å²) in [6, 6.07) is 6.23. The fourth-order valence-corrected chi connectivity index (χ4v) is 3.24. The predicted molar refractivity (Wildman–Crippen MR) is 81.6 cm³/mol. The van der Waals surface area contributed by atoms with Gasteiger partial charge in [0, 0.05) is 5.02 Å². The second-order valence-electron chi connectivity index (χ2n) is 5.51. The maximum absolute atomic E-state index is 11.1. The molecule has 0 atom stereocenters. The van der Waals surface area contributed by atoms with Crippen LogP contribution in [0.3, 0.4) is 0 Å². The van der Waals surface area contributed by atoms with Crippen molar-refractivity contribution >= 4 is 23.0 Å². The molecule has 1 aliphatic rings. The Labute approximate surface area is 120 Å². The molecule has 0 radical (unpaired) electrons. The number of halogens is 1. The lowest BCUT2D eigenvalue weighted by atomic mass is 9.83. The molecule has 0 saturated heterocycles. The minimum absolute atomic E-state index is 0.0741. The van der Waals surface area contributed by atoms with E-state index < -0.39 is 0 Å². The summed E-state index contributed by atoms with van der Waals surface area (Å²) < 4.78 is 0. The van der Waals surface area contributed by atoms with Gasteiger partial charge in [0.1, 0.15) is 0 Å². The summed E-state index contributed by atoms with van der Waals surface area (Å²) in [6.45, 7) is 3.52. The molecule has 2 rings (SSSR count). The maximum Gasteiger partial charge on any atom is 0.152 e. The molecule has 1 fully saturated rings. The number of allylic oxidation sites excluding steroid dienone is 2. The van der Waals surface area contributed by atoms with Crippen molar-refractivity contribution in [3.63, 3.8) is 0 Å². The van der Waals surface area contributed by atoms with E-state index in [1.807, 2.05) is 13.0 Å². The largest absolute Gasteiger partial charge is 0.295 e. The third-order valence-electron chi connectivity index (χ3n) is 3.92. The van der Waals surface area contributed by atoms with Crippen molar-refractivity contribution in [1.82, 2.24) is 0 Å². The lowest BCUT2D eigenvalue weighted by Crippen LogP contribution is -2.05. The van der Waals surface area contributed by atoms with Gasteiger partial charge in [-0.2, -0.15) is 0 Å². The molecule has 0 unspecified atom stereocenters. The Kier molecular flexibility index (Phi) is 4.81. The minimum Gasteiger partial charge on any atom is -0.295 e. The smallest absolute Gasteiger partial charge is 0.152 e. The fraction of sp³-hybridized carbons (Fsp3) is 0.471. The van der Waals surface area contributed by atoms with E-state index in [1.165, 1.54) is 37.7 Å². The third kappa shape index (κ3) is 3.70. The highest BCUT2D eigenvalue weighted by atomic mass is 35.5. The lowest BCUT2D eigenvalue weighted by molar-refractivity contribution is -0.112. The highest BCUT2D eigenvalue weighted by Crippen LogP contribution is 2.37. The van der Waals surface area contributed by atoms with E-state index in [0.717, 1.165) is 16.2 Å². The van der Waals surface area contributed by atoms with Crippen LogP contribution in [0.4, 0.5) is 0 Å². The molecule has 1 nitrogen and oxygen atoms in total. The average molecular weight is 277 g/mol. The number of carbonyl (C=O) groups excluding carboxylic acids is 1. The molecule has 0 aliphatic heterocycles. The van der Waals surface area contributed by atoms with Crippen molar-refractivity contribution in [2.75, 3.05) is 0 Å². The van der Waals surface area contributed by atoms with Crippen LogP contribution in [0.15, 0.2) is 24.3 Å². The topological polar surface area (TPSA) is 17.1 Å². The molecule has 0 N–H and O–H groups in total. The van der Waals surface area contributed by atoms with Gasteiger partial charge in [-0.05, 0) is 61.4 Å². The molecule has 1 aromatic carbocycles. The van der Waals surface area contributed by atoms with Crippen molar-refractivity contribution in [3.8, 4) is 0 Å². The van der Waals surface area contributed by atoms with Crippen LogP contribution >= 0.6 is 11.6 Å². The molecule has 0 amide bonds. The van der Waals surface area contributed by atoms with E-state index >= 15 is 0 Å². The normalized spacial score (nSPS) is 17.5. The summed E-state index contributed by atoms with van der Waals surface area (Å²) in [5, 5.41) is 0.848. The monoisotopic (exact) mass is 276 g/mol. The molecule has 2 heteroatoms. The summed E-state index contributed by atoms with van der Waals surface area (Å²) in [4.78, 5) is 11.1. The molecule has 102 valence electrons. The molecule has 0 bridgehead atoms. The van der Waals surface area contributed by atoms with Gasteiger partial charge in [0.2, 0.25) is 0 Å². The van der Waals surface area contributed by atoms with Gasteiger partial charge < -0.3 is 0 Å². The number of carbonyl (C=O) groups is 1. The zero-order chi connectivity index (χ0) is 13.8. The van der Waals surface area contributed by atoms with Gasteiger partial charge in [0.15, 0.2) is 5.78 Å². The molecule has 1 aromatic rings. The Hall–Kier alpha value is -1.08. The summed E-state index contributed by atoms with van der Waals surface area (Å²) in [5.74, 6) is 0.692. The number of ketones is 1. The second kappa shape index (κ2) is 6.38. The Balaban J connectivity index is 2.23. The summed E-state index contributed by atoms with van der Waals surface area (Å²) in [6.07, 6.45) is 8.14. The van der Waals surface area contributed by atoms with E-state index in [-0.39, 0.29) is 5.78 Å². The van der Waals surface area contributed by atoms with Gasteiger partial charge in [0.05, 0.1) is 0 Å². The average Bonchev–Trinajstić information content (AvgIpc) is 2.38. The van der Waals surface area contributed by atoms with Gasteiger partial charge in [0.25, 0.3) is 0 Å². The molecule has 1 aliphatic carbocycles. The van der Waals surface area contributed by atoms with E-state index in [4.69, 9.17) is 11.6 Å². The Morgan fingerprint density at radius 2 is 1.89 bits per heavy atom. The second-order valence-corrected chi connectivity index (χ2v) is 5.92. The third-order valence-corrected chi connectivity index (χ3v) is 4.25. The Morgan fingerprint density at radius 1 is 1.21 bits per heavy atom. The fourth-order valence-electron chi connectivity index (χ4n) is 2.91. The van der Waals surface area contributed by atoms with Gasteiger partial charge in [-0.3, -0.25) is 4.79 Å². The molecule has 1 saturated carbocycles. The molecule has 19 heavy (non-hydrogen) atoms. The number of benzene rings is 1. The van der Waals surface area contributed by atoms with E-state index in [0.29, 0.717) is 5.92 Å². The first-order valence-electron chi connectivity index (χ1n) is 7.06. The van der Waals surface area contributed by atoms with Gasteiger partial charge in [-0.15, -0.1) is 0 Å². The van der Waals surface area contributed by atoms with Crippen molar-refractivity contribution in [2.24, 2.45) is 0 Å². The lowest BCUT2D eigenvalue weighted by Gasteiger charge is -2.23. The van der Waals surface area contributed by atoms with Crippen LogP contribution in [0, 0.1) is 0 Å². The van der Waals surface area contributed by atoms with Crippen LogP contribution in [0.5, 0.6) is 0 Å². The predicted octanol–water partition coefficient (Wildman–Crippen LogP) is 5.38. The summed E-state index contributed by atoms with van der Waals surface area (Å²) in [5.41, 5.74) is 3.30. The maximum atomic E-state index is 11.1. The van der Waals surface area contributed by atoms with Crippen LogP contribution in [0.2, 0.25) is 5.02 Å². The molecular weight excluding hydrogens is 256 g/mol. The molecule has 0 heterocycles. The Bertz CT molecular complexity index is 496. The van der Waals surface area contributed by atoms with Gasteiger partial charge in [-0.1, -0.05) is 43.0 Å². The molecule has 0 spiro atoms. The van der Waals surface area contributed by atoms with Crippen LogP contribution in [0.1, 0.15) is 63.0 Å². The van der Waals surface area contributed by atoms with Crippen molar-refractivity contribution in [2.45, 2.75) is 51.9 Å². The zero-order valence-electron chi connectivity index (χ0n) is 11.7. The van der Waals surface area contributed by atoms with Crippen LogP contribution in [-0.4, -0.2) is 5.78 Å². The highest BCUT2D eigenvalue weighted by molar-refractivity contribution is 6.31. The SMILES string of the molecule is CC(=O)/C=C(\C)c1ccc(C2CCCCC2)c(Cl)c1. The van der Waals surface area contributed by atoms with Crippen molar-refractivity contribution < 1.29 is 4.79 Å². The van der Waals surface area contributed by atoms with Gasteiger partial charge >= 0.3 is 0 Å². The first-order valence-corrected chi connectivity index (χ1v) is 7.44. The van der Waals surface area contributed by atoms with Crippen molar-refractivity contribution in [1.29, 1.82) is 0 Å². The standard InChI is InChI=1S/C17H21ClO/c1-12(10-13(2)19)15-8-9-16(17(18)11-15)14-6-4-3-5-7-14/h8-11,14H,3-7H2,1-2H3/b12-10+. The highest BCUT2D eigenvalue weighted by Gasteiger charge is 2.18. The number of hydrogen-bond acceptors (Lipinski definition) is 1. The minimum atomic E-state index is 0.0741. The van der Waals surface area contributed by atoms with E-state index in [9.17, 15) is 4.79 Å². The van der Waals surface area contributed by atoms with E-state index in [2.05, 4.69) is 12.1 Å². The van der Waals surface area contributed by atoms with Crippen molar-refractivity contribution in [3.05, 3.63) is 40.4 Å². The number of rotatable bonds is 3. The van der Waals surface area contributed by atoms with Crippen LogP contribution in [-0.2, 0) is 4.79 Å². The van der Waals surface area contributed by atoms with E-state index in [1.54, 1.807) is 13.0 Å². The summed E-state index contributed by atoms with van der Waals surface area (Å²) in [7, 11) is 0. The first-order chi connectivity index (χ1) is 9.08. The van der Waals surface area contributed by atoms with Crippen LogP contribution in [0.25, 0.3) is 5.57 Å². The molecule has 0 aromatic heterocycles. The van der Waals surface area contributed by atoms with Crippen LogP contribution < -0.4 is 0 Å². The quantitative estimate of drug-likeness (QED) is 0.677. The Morgan fingerprint density at radius 3 is 2.47 bits per heavy atom.